The smallest absolute Gasteiger partial charge is 0.264 e. The van der Waals surface area contributed by atoms with Gasteiger partial charge < -0.3 is 9.47 Å². The first-order chi connectivity index (χ1) is 13.9. The predicted molar refractivity (Wildman–Crippen MR) is 109 cm³/mol. The van der Waals surface area contributed by atoms with E-state index in [1.54, 1.807) is 0 Å². The molecule has 0 aliphatic carbocycles. The number of benzene rings is 2. The molecule has 0 atom stereocenters. The molecular weight excluding hydrogens is 394 g/mol. The fourth-order valence-electron chi connectivity index (χ4n) is 2.64. The van der Waals surface area contributed by atoms with Crippen LogP contribution in [0.4, 0.5) is 0 Å². The summed E-state index contributed by atoms with van der Waals surface area (Å²) in [7, 11) is -3.60. The Morgan fingerprint density at radius 3 is 1.83 bits per heavy atom. The molecule has 156 valence electrons. The summed E-state index contributed by atoms with van der Waals surface area (Å²) in [5.74, 6) is 0. The van der Waals surface area contributed by atoms with Crippen LogP contribution in [-0.2, 0) is 37.0 Å². The zero-order valence-corrected chi connectivity index (χ0v) is 17.1. The zero-order valence-electron chi connectivity index (χ0n) is 16.3. The van der Waals surface area contributed by atoms with Gasteiger partial charge >= 0.3 is 0 Å². The Hall–Kier alpha value is -2.42. The molecule has 9 heteroatoms. The molecule has 8 nitrogen and oxygen atoms in total. The molecule has 0 bridgehead atoms. The third-order valence-corrected chi connectivity index (χ3v) is 4.68. The van der Waals surface area contributed by atoms with Crippen molar-refractivity contribution < 1.29 is 22.1 Å². The van der Waals surface area contributed by atoms with Gasteiger partial charge in [0.05, 0.1) is 44.8 Å². The molecule has 0 unspecified atom stereocenters. The molecule has 29 heavy (non-hydrogen) atoms. The summed E-state index contributed by atoms with van der Waals surface area (Å²) in [6.07, 6.45) is 1.10. The monoisotopic (exact) mass is 419 g/mol. The molecule has 0 aromatic heterocycles. The molecule has 0 aliphatic heterocycles. The van der Waals surface area contributed by atoms with Gasteiger partial charge in [0, 0.05) is 4.91 Å². The third kappa shape index (κ3) is 9.08. The Balaban J connectivity index is 2.03. The minimum Gasteiger partial charge on any atom is -0.376 e. The van der Waals surface area contributed by atoms with Gasteiger partial charge in [0.25, 0.3) is 10.1 Å². The fourth-order valence-corrected chi connectivity index (χ4v) is 3.02. The van der Waals surface area contributed by atoms with Crippen LogP contribution in [0.1, 0.15) is 17.5 Å². The van der Waals surface area contributed by atoms with Crippen molar-refractivity contribution in [1.82, 2.24) is 0 Å². The highest BCUT2D eigenvalue weighted by Gasteiger charge is 2.31. The van der Waals surface area contributed by atoms with Crippen LogP contribution in [0.15, 0.2) is 65.8 Å². The van der Waals surface area contributed by atoms with Crippen molar-refractivity contribution in [2.75, 3.05) is 26.1 Å². The minimum absolute atomic E-state index is 0.0634. The quantitative estimate of drug-likeness (QED) is 0.212. The Labute approximate surface area is 171 Å². The first-order valence-electron chi connectivity index (χ1n) is 9.06. The van der Waals surface area contributed by atoms with Gasteiger partial charge in [-0.05, 0) is 23.1 Å². The number of hydrogen-bond donors (Lipinski definition) is 0. The highest BCUT2D eigenvalue weighted by molar-refractivity contribution is 7.85. The van der Waals surface area contributed by atoms with Gasteiger partial charge in [-0.1, -0.05) is 65.8 Å². The summed E-state index contributed by atoms with van der Waals surface area (Å²) in [6.45, 7) is 0.646. The van der Waals surface area contributed by atoms with Crippen LogP contribution in [0, 0.1) is 0 Å². The Morgan fingerprint density at radius 1 is 0.931 bits per heavy atom. The van der Waals surface area contributed by atoms with E-state index in [2.05, 4.69) is 10.0 Å². The molecule has 0 fully saturated rings. The van der Waals surface area contributed by atoms with E-state index in [1.807, 2.05) is 60.7 Å². The first kappa shape index (κ1) is 22.9. The van der Waals surface area contributed by atoms with E-state index in [0.29, 0.717) is 13.2 Å². The molecule has 0 saturated heterocycles. The van der Waals surface area contributed by atoms with E-state index in [-0.39, 0.29) is 26.2 Å². The SMILES string of the molecule is CS(=O)(=O)OCCC(COCc1ccccc1)(COCc1ccccc1)N=[N+]=[N-]. The fraction of sp³-hybridized carbons (Fsp3) is 0.400. The van der Waals surface area contributed by atoms with Gasteiger partial charge in [0.15, 0.2) is 0 Å². The number of nitrogens with zero attached hydrogens (tertiary/aromatic N) is 3. The van der Waals surface area contributed by atoms with Crippen LogP contribution >= 0.6 is 0 Å². The summed E-state index contributed by atoms with van der Waals surface area (Å²) in [6, 6.07) is 19.1. The third-order valence-electron chi connectivity index (χ3n) is 4.09. The van der Waals surface area contributed by atoms with E-state index >= 15 is 0 Å². The Bertz CT molecular complexity index is 839. The Morgan fingerprint density at radius 2 is 1.41 bits per heavy atom. The number of hydrogen-bond acceptors (Lipinski definition) is 6. The molecule has 0 radical (unpaired) electrons. The number of rotatable bonds is 13. The maximum absolute atomic E-state index is 11.3. The molecular formula is C20H25N3O5S. The highest BCUT2D eigenvalue weighted by atomic mass is 32.2. The second kappa shape index (κ2) is 11.5. The van der Waals surface area contributed by atoms with E-state index in [1.165, 1.54) is 0 Å². The molecule has 0 aliphatic rings. The second-order valence-corrected chi connectivity index (χ2v) is 8.29. The van der Waals surface area contributed by atoms with Gasteiger partial charge in [0.1, 0.15) is 0 Å². The second-order valence-electron chi connectivity index (χ2n) is 6.65. The molecule has 2 aromatic carbocycles. The zero-order chi connectivity index (χ0) is 21.0. The maximum Gasteiger partial charge on any atom is 0.264 e. The molecule has 2 aromatic rings. The van der Waals surface area contributed by atoms with Gasteiger partial charge in [-0.3, -0.25) is 4.18 Å². The molecule has 0 amide bonds. The van der Waals surface area contributed by atoms with Crippen molar-refractivity contribution in [2.45, 2.75) is 25.2 Å². The van der Waals surface area contributed by atoms with Crippen molar-refractivity contribution in [2.24, 2.45) is 5.11 Å². The van der Waals surface area contributed by atoms with Crippen molar-refractivity contribution in [3.63, 3.8) is 0 Å². The van der Waals surface area contributed by atoms with Crippen LogP contribution in [0.2, 0.25) is 0 Å². The van der Waals surface area contributed by atoms with Gasteiger partial charge in [-0.25, -0.2) is 0 Å². The van der Waals surface area contributed by atoms with E-state index in [0.717, 1.165) is 17.4 Å². The largest absolute Gasteiger partial charge is 0.376 e. The maximum atomic E-state index is 11.3. The lowest BCUT2D eigenvalue weighted by Crippen LogP contribution is -2.39. The van der Waals surface area contributed by atoms with Crippen molar-refractivity contribution in [3.05, 3.63) is 82.2 Å². The van der Waals surface area contributed by atoms with Gasteiger partial charge in [-0.2, -0.15) is 8.42 Å². The molecule has 0 spiro atoms. The van der Waals surface area contributed by atoms with Gasteiger partial charge in [0.2, 0.25) is 0 Å². The summed E-state index contributed by atoms with van der Waals surface area (Å²) in [5, 5.41) is 3.89. The van der Waals surface area contributed by atoms with Crippen LogP contribution in [0.5, 0.6) is 0 Å². The van der Waals surface area contributed by atoms with E-state index in [4.69, 9.17) is 19.2 Å². The lowest BCUT2D eigenvalue weighted by atomic mass is 9.99. The van der Waals surface area contributed by atoms with Crippen LogP contribution in [0.3, 0.4) is 0 Å². The van der Waals surface area contributed by atoms with E-state index in [9.17, 15) is 8.42 Å². The summed E-state index contributed by atoms with van der Waals surface area (Å²) >= 11 is 0. The average molecular weight is 420 g/mol. The van der Waals surface area contributed by atoms with Gasteiger partial charge in [-0.15, -0.1) is 0 Å². The first-order valence-corrected chi connectivity index (χ1v) is 10.9. The van der Waals surface area contributed by atoms with Crippen LogP contribution in [-0.4, -0.2) is 40.0 Å². The average Bonchev–Trinajstić information content (AvgIpc) is 2.69. The number of ether oxygens (including phenoxy) is 2. The molecule has 0 heterocycles. The summed E-state index contributed by atoms with van der Waals surface area (Å²) in [5.41, 5.74) is 9.93. The predicted octanol–water partition coefficient (Wildman–Crippen LogP) is 3.84. The normalized spacial score (nSPS) is 11.8. The summed E-state index contributed by atoms with van der Waals surface area (Å²) < 4.78 is 39.0. The standard InChI is InChI=1S/C20H25N3O5S/c1-29(24,25)28-13-12-20(22-23-21,16-26-14-18-8-4-2-5-9-18)17-27-15-19-10-6-3-7-11-19/h2-11H,12-17H2,1H3. The van der Waals surface area contributed by atoms with Crippen molar-refractivity contribution in [1.29, 1.82) is 0 Å². The lowest BCUT2D eigenvalue weighted by molar-refractivity contribution is 0.00345. The van der Waals surface area contributed by atoms with Crippen molar-refractivity contribution >= 4 is 10.1 Å². The molecule has 0 N–H and O–H groups in total. The lowest BCUT2D eigenvalue weighted by Gasteiger charge is -2.28. The minimum atomic E-state index is -3.60. The van der Waals surface area contributed by atoms with E-state index < -0.39 is 15.7 Å². The molecule has 2 rings (SSSR count). The molecule has 0 saturated carbocycles. The highest BCUT2D eigenvalue weighted by Crippen LogP contribution is 2.21. The van der Waals surface area contributed by atoms with Crippen LogP contribution in [0.25, 0.3) is 10.4 Å². The van der Waals surface area contributed by atoms with Crippen LogP contribution < -0.4 is 0 Å². The van der Waals surface area contributed by atoms with Crippen molar-refractivity contribution in [3.8, 4) is 0 Å². The summed E-state index contributed by atoms with van der Waals surface area (Å²) in [4.78, 5) is 2.93. The topological polar surface area (TPSA) is 111 Å². The number of azide groups is 1. The Kier molecular flexibility index (Phi) is 9.11.